The third kappa shape index (κ3) is 4.49. The molecule has 0 spiro atoms. The summed E-state index contributed by atoms with van der Waals surface area (Å²) < 4.78 is 5.58. The zero-order chi connectivity index (χ0) is 11.8. The average Bonchev–Trinajstić information content (AvgIpc) is 2.34. The molecule has 0 aromatic rings. The summed E-state index contributed by atoms with van der Waals surface area (Å²) in [6.45, 7) is 5.01. The molecule has 1 amide bonds. The quantitative estimate of drug-likeness (QED) is 0.742. The smallest absolute Gasteiger partial charge is 0.222 e. The van der Waals surface area contributed by atoms with Gasteiger partial charge in [-0.25, -0.2) is 0 Å². The molecule has 1 aliphatic rings. The summed E-state index contributed by atoms with van der Waals surface area (Å²) in [5.41, 5.74) is 5.39. The maximum absolute atomic E-state index is 11.7. The monoisotopic (exact) mass is 228 g/mol. The fourth-order valence-corrected chi connectivity index (χ4v) is 1.99. The minimum Gasteiger partial charge on any atom is -0.377 e. The highest BCUT2D eigenvalue weighted by molar-refractivity contribution is 5.76. The predicted molar refractivity (Wildman–Crippen MR) is 64.1 cm³/mol. The van der Waals surface area contributed by atoms with Gasteiger partial charge < -0.3 is 15.4 Å². The number of unbranched alkanes of at least 4 members (excludes halogenated alkanes) is 1. The number of nitrogens with two attached hydrogens (primary N) is 1. The Labute approximate surface area is 98.1 Å². The highest BCUT2D eigenvalue weighted by atomic mass is 16.5. The molecule has 1 aliphatic heterocycles. The van der Waals surface area contributed by atoms with E-state index in [-0.39, 0.29) is 0 Å². The van der Waals surface area contributed by atoms with Crippen LogP contribution in [0.4, 0.5) is 0 Å². The van der Waals surface area contributed by atoms with Crippen molar-refractivity contribution in [2.24, 2.45) is 5.73 Å². The van der Waals surface area contributed by atoms with Crippen LogP contribution in [-0.4, -0.2) is 43.2 Å². The lowest BCUT2D eigenvalue weighted by molar-refractivity contribution is -0.133. The van der Waals surface area contributed by atoms with Crippen LogP contribution in [0.15, 0.2) is 0 Å². The Kier molecular flexibility index (Phi) is 6.42. The number of piperidine rings is 1. The molecule has 16 heavy (non-hydrogen) atoms. The fourth-order valence-electron chi connectivity index (χ4n) is 1.99. The highest BCUT2D eigenvalue weighted by Crippen LogP contribution is 2.15. The van der Waals surface area contributed by atoms with Crippen LogP contribution in [0.3, 0.4) is 0 Å². The molecule has 1 rings (SSSR count). The molecule has 1 heterocycles. The number of nitrogens with zero attached hydrogens (tertiary/aromatic N) is 1. The molecule has 0 saturated carbocycles. The van der Waals surface area contributed by atoms with Crippen molar-refractivity contribution in [3.8, 4) is 0 Å². The largest absolute Gasteiger partial charge is 0.377 e. The Morgan fingerprint density at radius 1 is 1.44 bits per heavy atom. The van der Waals surface area contributed by atoms with Gasteiger partial charge in [0.2, 0.25) is 5.91 Å². The third-order valence-electron chi connectivity index (χ3n) is 3.01. The van der Waals surface area contributed by atoms with Crippen LogP contribution in [0.25, 0.3) is 0 Å². The predicted octanol–water partition coefficient (Wildman–Crippen LogP) is 1.14. The van der Waals surface area contributed by atoms with Gasteiger partial charge in [-0.05, 0) is 19.3 Å². The second-order valence-corrected chi connectivity index (χ2v) is 4.34. The van der Waals surface area contributed by atoms with Gasteiger partial charge in [0.25, 0.3) is 0 Å². The van der Waals surface area contributed by atoms with E-state index < -0.39 is 0 Å². The molecular formula is C12H24N2O2. The van der Waals surface area contributed by atoms with E-state index in [9.17, 15) is 4.79 Å². The zero-order valence-electron chi connectivity index (χ0n) is 10.3. The second-order valence-electron chi connectivity index (χ2n) is 4.34. The van der Waals surface area contributed by atoms with Crippen LogP contribution in [0.1, 0.15) is 39.0 Å². The summed E-state index contributed by atoms with van der Waals surface area (Å²) in [5.74, 6) is 0.305. The first-order valence-electron chi connectivity index (χ1n) is 6.37. The van der Waals surface area contributed by atoms with Crippen molar-refractivity contribution >= 4 is 5.91 Å². The van der Waals surface area contributed by atoms with Gasteiger partial charge in [-0.1, -0.05) is 13.3 Å². The van der Waals surface area contributed by atoms with Crippen molar-refractivity contribution in [2.45, 2.75) is 45.1 Å². The van der Waals surface area contributed by atoms with Crippen molar-refractivity contribution in [3.63, 3.8) is 0 Å². The summed E-state index contributed by atoms with van der Waals surface area (Å²) in [5, 5.41) is 0. The Balaban J connectivity index is 2.18. The van der Waals surface area contributed by atoms with Crippen LogP contribution < -0.4 is 5.73 Å². The first-order chi connectivity index (χ1) is 7.77. The SMILES string of the molecule is CCCCC(=O)N1CCC(OCCN)CC1. The van der Waals surface area contributed by atoms with E-state index in [2.05, 4.69) is 6.92 Å². The minimum absolute atomic E-state index is 0.304. The van der Waals surface area contributed by atoms with Crippen LogP contribution >= 0.6 is 0 Å². The first-order valence-corrected chi connectivity index (χ1v) is 6.37. The molecule has 0 bridgehead atoms. The molecule has 4 nitrogen and oxygen atoms in total. The van der Waals surface area contributed by atoms with E-state index >= 15 is 0 Å². The summed E-state index contributed by atoms with van der Waals surface area (Å²) in [4.78, 5) is 13.7. The molecule has 4 heteroatoms. The standard InChI is InChI=1S/C12H24N2O2/c1-2-3-4-12(15)14-8-5-11(6-9-14)16-10-7-13/h11H,2-10,13H2,1H3. The molecule has 0 unspecified atom stereocenters. The van der Waals surface area contributed by atoms with E-state index in [1.165, 1.54) is 0 Å². The number of hydrogen-bond acceptors (Lipinski definition) is 3. The number of rotatable bonds is 6. The highest BCUT2D eigenvalue weighted by Gasteiger charge is 2.22. The van der Waals surface area contributed by atoms with E-state index in [4.69, 9.17) is 10.5 Å². The number of carbonyl (C=O) groups excluding carboxylic acids is 1. The first kappa shape index (κ1) is 13.5. The molecule has 1 saturated heterocycles. The number of carbonyl (C=O) groups is 1. The number of likely N-dealkylation sites (tertiary alicyclic amines) is 1. The fraction of sp³-hybridized carbons (Fsp3) is 0.917. The van der Waals surface area contributed by atoms with Crippen LogP contribution in [0.2, 0.25) is 0 Å². The van der Waals surface area contributed by atoms with E-state index in [0.29, 0.717) is 31.6 Å². The Bertz CT molecular complexity index is 201. The Morgan fingerprint density at radius 3 is 2.69 bits per heavy atom. The van der Waals surface area contributed by atoms with Gasteiger partial charge in [-0.2, -0.15) is 0 Å². The lowest BCUT2D eigenvalue weighted by atomic mass is 10.1. The minimum atomic E-state index is 0.304. The average molecular weight is 228 g/mol. The molecular weight excluding hydrogens is 204 g/mol. The summed E-state index contributed by atoms with van der Waals surface area (Å²) >= 11 is 0. The van der Waals surface area contributed by atoms with Crippen molar-refractivity contribution in [3.05, 3.63) is 0 Å². The summed E-state index contributed by atoms with van der Waals surface area (Å²) in [7, 11) is 0. The van der Waals surface area contributed by atoms with Gasteiger partial charge in [0.05, 0.1) is 12.7 Å². The number of hydrogen-bond donors (Lipinski definition) is 1. The van der Waals surface area contributed by atoms with Crippen molar-refractivity contribution in [1.29, 1.82) is 0 Å². The Morgan fingerprint density at radius 2 is 2.12 bits per heavy atom. The van der Waals surface area contributed by atoms with Crippen LogP contribution in [0, 0.1) is 0 Å². The van der Waals surface area contributed by atoms with Gasteiger partial charge in [-0.3, -0.25) is 4.79 Å². The number of ether oxygens (including phenoxy) is 1. The van der Waals surface area contributed by atoms with Crippen molar-refractivity contribution < 1.29 is 9.53 Å². The molecule has 0 atom stereocenters. The topological polar surface area (TPSA) is 55.6 Å². The van der Waals surface area contributed by atoms with E-state index in [1.54, 1.807) is 0 Å². The van der Waals surface area contributed by atoms with Gasteiger partial charge >= 0.3 is 0 Å². The van der Waals surface area contributed by atoms with E-state index in [0.717, 1.165) is 38.8 Å². The van der Waals surface area contributed by atoms with Crippen LogP contribution in [0.5, 0.6) is 0 Å². The van der Waals surface area contributed by atoms with Gasteiger partial charge in [-0.15, -0.1) is 0 Å². The van der Waals surface area contributed by atoms with Gasteiger partial charge in [0.1, 0.15) is 0 Å². The van der Waals surface area contributed by atoms with E-state index in [1.807, 2.05) is 4.90 Å². The summed E-state index contributed by atoms with van der Waals surface area (Å²) in [6, 6.07) is 0. The van der Waals surface area contributed by atoms with Gasteiger partial charge in [0, 0.05) is 26.1 Å². The number of amides is 1. The molecule has 1 fully saturated rings. The maximum atomic E-state index is 11.7. The molecule has 94 valence electrons. The maximum Gasteiger partial charge on any atom is 0.222 e. The Hall–Kier alpha value is -0.610. The third-order valence-corrected chi connectivity index (χ3v) is 3.01. The lowest BCUT2D eigenvalue weighted by Crippen LogP contribution is -2.41. The normalized spacial score (nSPS) is 17.8. The van der Waals surface area contributed by atoms with Gasteiger partial charge in [0.15, 0.2) is 0 Å². The van der Waals surface area contributed by atoms with Crippen molar-refractivity contribution in [1.82, 2.24) is 4.90 Å². The zero-order valence-corrected chi connectivity index (χ0v) is 10.3. The molecule has 2 N–H and O–H groups in total. The van der Waals surface area contributed by atoms with Crippen molar-refractivity contribution in [2.75, 3.05) is 26.2 Å². The lowest BCUT2D eigenvalue weighted by Gasteiger charge is -2.32. The molecule has 0 aromatic carbocycles. The molecule has 0 aliphatic carbocycles. The van der Waals surface area contributed by atoms with Crippen LogP contribution in [-0.2, 0) is 9.53 Å². The molecule has 0 radical (unpaired) electrons. The molecule has 0 aromatic heterocycles. The second kappa shape index (κ2) is 7.63. The summed E-state index contributed by atoms with van der Waals surface area (Å²) in [6.07, 6.45) is 5.00.